The van der Waals surface area contributed by atoms with Gasteiger partial charge in [-0.3, -0.25) is 0 Å². The first-order valence-electron chi connectivity index (χ1n) is 6.16. The first kappa shape index (κ1) is 14.4. The smallest absolute Gasteiger partial charge is 0.416 e. The van der Waals surface area contributed by atoms with Crippen molar-refractivity contribution in [3.63, 3.8) is 0 Å². The van der Waals surface area contributed by atoms with E-state index < -0.39 is 17.7 Å². The first-order valence-corrected chi connectivity index (χ1v) is 6.16. The molecule has 0 amide bonds. The number of aromatic carboxylic acids is 1. The number of hydrogen-bond donors (Lipinski definition) is 1. The third kappa shape index (κ3) is 2.95. The maximum atomic E-state index is 12.7. The highest BCUT2D eigenvalue weighted by Crippen LogP contribution is 2.37. The lowest BCUT2D eigenvalue weighted by Gasteiger charge is -2.25. The number of carbonyl (C=O) groups is 1. The van der Waals surface area contributed by atoms with Crippen LogP contribution in [0.3, 0.4) is 0 Å². The number of nitrogens with zero attached hydrogens (tertiary/aromatic N) is 1. The van der Waals surface area contributed by atoms with Gasteiger partial charge >= 0.3 is 12.1 Å². The number of carboxylic acids is 1. The standard InChI is InChI=1S/C14H14F3NO2/c1-2-7-18(10-4-5-10)12-6-3-9(14(15,16)17)8-11(12)13(19)20/h2-3,6,8,10H,1,4-5,7H2,(H,19,20). The van der Waals surface area contributed by atoms with Crippen molar-refractivity contribution in [1.82, 2.24) is 0 Å². The molecule has 0 atom stereocenters. The van der Waals surface area contributed by atoms with E-state index in [-0.39, 0.29) is 11.6 Å². The molecule has 0 unspecified atom stereocenters. The minimum absolute atomic E-state index is 0.183. The maximum Gasteiger partial charge on any atom is 0.416 e. The lowest BCUT2D eigenvalue weighted by Crippen LogP contribution is -2.27. The van der Waals surface area contributed by atoms with E-state index in [4.69, 9.17) is 5.11 Å². The van der Waals surface area contributed by atoms with Crippen LogP contribution in [0.5, 0.6) is 0 Å². The van der Waals surface area contributed by atoms with Crippen molar-refractivity contribution in [3.8, 4) is 0 Å². The molecule has 0 saturated heterocycles. The number of alkyl halides is 3. The van der Waals surface area contributed by atoms with Crippen LogP contribution in [0.1, 0.15) is 28.8 Å². The Hall–Kier alpha value is -1.98. The molecule has 1 aromatic rings. The van der Waals surface area contributed by atoms with Gasteiger partial charge in [-0.15, -0.1) is 6.58 Å². The summed E-state index contributed by atoms with van der Waals surface area (Å²) in [5.74, 6) is -1.36. The van der Waals surface area contributed by atoms with Gasteiger partial charge in [-0.05, 0) is 31.0 Å². The topological polar surface area (TPSA) is 40.5 Å². The number of carboxylic acid groups (broad SMARTS) is 1. The van der Waals surface area contributed by atoms with Crippen LogP contribution in [0.25, 0.3) is 0 Å². The Morgan fingerprint density at radius 3 is 2.55 bits per heavy atom. The van der Waals surface area contributed by atoms with E-state index in [9.17, 15) is 18.0 Å². The van der Waals surface area contributed by atoms with E-state index in [1.54, 1.807) is 11.0 Å². The molecule has 0 spiro atoms. The van der Waals surface area contributed by atoms with Crippen LogP contribution in [-0.4, -0.2) is 23.7 Å². The molecule has 1 aliphatic rings. The van der Waals surface area contributed by atoms with E-state index in [1.165, 1.54) is 6.07 Å². The van der Waals surface area contributed by atoms with Crippen molar-refractivity contribution >= 4 is 11.7 Å². The van der Waals surface area contributed by atoms with Crippen molar-refractivity contribution < 1.29 is 23.1 Å². The molecule has 108 valence electrons. The van der Waals surface area contributed by atoms with Gasteiger partial charge in [0.2, 0.25) is 0 Å². The molecule has 1 saturated carbocycles. The summed E-state index contributed by atoms with van der Waals surface area (Å²) in [6.07, 6.45) is -1.12. The molecule has 0 heterocycles. The second-order valence-corrected chi connectivity index (χ2v) is 4.71. The normalized spacial score (nSPS) is 14.9. The summed E-state index contributed by atoms with van der Waals surface area (Å²) in [6, 6.07) is 3.02. The van der Waals surface area contributed by atoms with Gasteiger partial charge in [0.1, 0.15) is 0 Å². The Morgan fingerprint density at radius 1 is 1.45 bits per heavy atom. The summed E-state index contributed by atoms with van der Waals surface area (Å²) in [5.41, 5.74) is -0.963. The molecular weight excluding hydrogens is 271 g/mol. The molecule has 2 rings (SSSR count). The van der Waals surface area contributed by atoms with Gasteiger partial charge in [0.25, 0.3) is 0 Å². The van der Waals surface area contributed by atoms with E-state index in [0.717, 1.165) is 18.9 Å². The van der Waals surface area contributed by atoms with E-state index in [1.807, 2.05) is 0 Å². The first-order chi connectivity index (χ1) is 9.34. The summed E-state index contributed by atoms with van der Waals surface area (Å²) in [6.45, 7) is 4.01. The van der Waals surface area contributed by atoms with Gasteiger partial charge in [0.15, 0.2) is 0 Å². The number of hydrogen-bond acceptors (Lipinski definition) is 2. The molecule has 6 heteroatoms. The summed E-state index contributed by atoms with van der Waals surface area (Å²) < 4.78 is 38.0. The van der Waals surface area contributed by atoms with Gasteiger partial charge in [0, 0.05) is 12.6 Å². The van der Waals surface area contributed by atoms with Crippen molar-refractivity contribution in [3.05, 3.63) is 42.0 Å². The maximum absolute atomic E-state index is 12.7. The lowest BCUT2D eigenvalue weighted by molar-refractivity contribution is -0.137. The zero-order valence-electron chi connectivity index (χ0n) is 10.7. The van der Waals surface area contributed by atoms with Gasteiger partial charge in [-0.1, -0.05) is 6.08 Å². The minimum Gasteiger partial charge on any atom is -0.478 e. The molecule has 1 fully saturated rings. The quantitative estimate of drug-likeness (QED) is 0.841. The summed E-state index contributed by atoms with van der Waals surface area (Å²) in [5, 5.41) is 9.16. The van der Waals surface area contributed by atoms with Crippen LogP contribution < -0.4 is 4.90 Å². The average Bonchev–Trinajstić information content (AvgIpc) is 3.18. The van der Waals surface area contributed by atoms with Crippen LogP contribution in [0, 0.1) is 0 Å². The lowest BCUT2D eigenvalue weighted by atomic mass is 10.1. The predicted molar refractivity (Wildman–Crippen MR) is 69.0 cm³/mol. The molecule has 0 aliphatic heterocycles. The fraction of sp³-hybridized carbons (Fsp3) is 0.357. The molecular formula is C14H14F3NO2. The number of benzene rings is 1. The summed E-state index contributed by atoms with van der Waals surface area (Å²) in [4.78, 5) is 13.0. The largest absolute Gasteiger partial charge is 0.478 e. The van der Waals surface area contributed by atoms with Crippen molar-refractivity contribution in [1.29, 1.82) is 0 Å². The summed E-state index contributed by atoms with van der Waals surface area (Å²) >= 11 is 0. The van der Waals surface area contributed by atoms with Crippen LogP contribution >= 0.6 is 0 Å². The number of anilines is 1. The zero-order valence-corrected chi connectivity index (χ0v) is 10.7. The predicted octanol–water partition coefficient (Wildman–Crippen LogP) is 3.56. The van der Waals surface area contributed by atoms with Crippen LogP contribution in [-0.2, 0) is 6.18 Å². The molecule has 1 aliphatic carbocycles. The van der Waals surface area contributed by atoms with Gasteiger partial charge < -0.3 is 10.0 Å². The molecule has 1 aromatic carbocycles. The van der Waals surface area contributed by atoms with Gasteiger partial charge in [-0.2, -0.15) is 13.2 Å². The van der Waals surface area contributed by atoms with E-state index in [0.29, 0.717) is 18.3 Å². The van der Waals surface area contributed by atoms with Crippen molar-refractivity contribution in [2.45, 2.75) is 25.1 Å². The minimum atomic E-state index is -4.55. The molecule has 1 N–H and O–H groups in total. The highest BCUT2D eigenvalue weighted by atomic mass is 19.4. The Bertz CT molecular complexity index is 536. The molecule has 0 aromatic heterocycles. The average molecular weight is 285 g/mol. The molecule has 20 heavy (non-hydrogen) atoms. The third-order valence-electron chi connectivity index (χ3n) is 3.18. The zero-order chi connectivity index (χ0) is 14.9. The molecule has 0 bridgehead atoms. The number of halogens is 3. The molecule has 3 nitrogen and oxygen atoms in total. The highest BCUT2D eigenvalue weighted by molar-refractivity contribution is 5.95. The van der Waals surface area contributed by atoms with Crippen molar-refractivity contribution in [2.24, 2.45) is 0 Å². The summed E-state index contributed by atoms with van der Waals surface area (Å²) in [7, 11) is 0. The second-order valence-electron chi connectivity index (χ2n) is 4.71. The fourth-order valence-corrected chi connectivity index (χ4v) is 2.10. The number of rotatable bonds is 5. The Morgan fingerprint density at radius 2 is 2.10 bits per heavy atom. The highest BCUT2D eigenvalue weighted by Gasteiger charge is 2.34. The van der Waals surface area contributed by atoms with Crippen LogP contribution in [0.2, 0.25) is 0 Å². The third-order valence-corrected chi connectivity index (χ3v) is 3.18. The Kier molecular flexibility index (Phi) is 3.74. The van der Waals surface area contributed by atoms with Crippen LogP contribution in [0.4, 0.5) is 18.9 Å². The van der Waals surface area contributed by atoms with Crippen LogP contribution in [0.15, 0.2) is 30.9 Å². The Balaban J connectivity index is 2.46. The monoisotopic (exact) mass is 285 g/mol. The Labute approximate surface area is 114 Å². The molecule has 0 radical (unpaired) electrons. The second kappa shape index (κ2) is 5.19. The van der Waals surface area contributed by atoms with E-state index >= 15 is 0 Å². The van der Waals surface area contributed by atoms with Crippen molar-refractivity contribution in [2.75, 3.05) is 11.4 Å². The van der Waals surface area contributed by atoms with E-state index in [2.05, 4.69) is 6.58 Å². The SMILES string of the molecule is C=CCN(c1ccc(C(F)(F)F)cc1C(=O)O)C1CC1. The van der Waals surface area contributed by atoms with Gasteiger partial charge in [0.05, 0.1) is 16.8 Å². The fourth-order valence-electron chi connectivity index (χ4n) is 2.10. The van der Waals surface area contributed by atoms with Gasteiger partial charge in [-0.25, -0.2) is 4.79 Å².